The minimum Gasteiger partial charge on any atom is -0.371 e. The molecule has 1 aliphatic rings. The van der Waals surface area contributed by atoms with Gasteiger partial charge in [-0.05, 0) is 53.5 Å². The molecule has 0 aromatic heterocycles. The molecule has 0 bridgehead atoms. The number of hydrogen-bond acceptors (Lipinski definition) is 4. The molecule has 0 aliphatic carbocycles. The van der Waals surface area contributed by atoms with Gasteiger partial charge in [-0.2, -0.15) is 0 Å². The van der Waals surface area contributed by atoms with Crippen molar-refractivity contribution in [2.45, 2.75) is 13.8 Å². The lowest BCUT2D eigenvalue weighted by molar-refractivity contribution is -0.123. The molecule has 0 unspecified atom stereocenters. The van der Waals surface area contributed by atoms with Crippen molar-refractivity contribution in [1.82, 2.24) is 10.6 Å². The molecule has 2 N–H and O–H groups in total. The second kappa shape index (κ2) is 6.74. The Labute approximate surface area is 136 Å². The second-order valence-electron chi connectivity index (χ2n) is 4.68. The summed E-state index contributed by atoms with van der Waals surface area (Å²) in [6, 6.07) is 4.78. The number of rotatable bonds is 4. The summed E-state index contributed by atoms with van der Waals surface area (Å²) in [4.78, 5) is 36.6. The molecule has 1 aromatic carbocycles. The van der Waals surface area contributed by atoms with Crippen molar-refractivity contribution in [2.24, 2.45) is 0 Å². The Kier molecular flexibility index (Phi) is 4.97. The highest BCUT2D eigenvalue weighted by Gasteiger charge is 2.27. The Morgan fingerprint density at radius 2 is 1.68 bits per heavy atom. The van der Waals surface area contributed by atoms with Crippen LogP contribution in [0.15, 0.2) is 28.2 Å². The van der Waals surface area contributed by atoms with Crippen molar-refractivity contribution in [3.63, 3.8) is 0 Å². The van der Waals surface area contributed by atoms with E-state index in [-0.39, 0.29) is 5.57 Å². The zero-order valence-corrected chi connectivity index (χ0v) is 13.9. The molecule has 6 nitrogen and oxygen atoms in total. The predicted octanol–water partition coefficient (Wildman–Crippen LogP) is 2.04. The Hall–Kier alpha value is -2.15. The van der Waals surface area contributed by atoms with E-state index in [1.807, 2.05) is 28.8 Å². The van der Waals surface area contributed by atoms with Crippen LogP contribution in [0, 0.1) is 0 Å². The molecule has 1 saturated heterocycles. The SMILES string of the molecule is CCN(CC)c1ccc(C=C2C(=O)NC(=O)NC2=O)cc1Br. The average molecular weight is 366 g/mol. The fourth-order valence-corrected chi connectivity index (χ4v) is 2.85. The van der Waals surface area contributed by atoms with Crippen LogP contribution in [0.1, 0.15) is 19.4 Å². The summed E-state index contributed by atoms with van der Waals surface area (Å²) in [5, 5.41) is 4.09. The van der Waals surface area contributed by atoms with Gasteiger partial charge >= 0.3 is 6.03 Å². The summed E-state index contributed by atoms with van der Waals surface area (Å²) in [5.41, 5.74) is 1.64. The van der Waals surface area contributed by atoms with E-state index in [1.165, 1.54) is 6.08 Å². The zero-order valence-electron chi connectivity index (χ0n) is 12.3. The maximum absolute atomic E-state index is 11.7. The van der Waals surface area contributed by atoms with E-state index in [4.69, 9.17) is 0 Å². The van der Waals surface area contributed by atoms with Crippen molar-refractivity contribution >= 4 is 45.5 Å². The first kappa shape index (κ1) is 16.2. The molecule has 0 spiro atoms. The first-order valence-electron chi connectivity index (χ1n) is 6.89. The fourth-order valence-electron chi connectivity index (χ4n) is 2.21. The molecule has 116 valence electrons. The number of barbiturate groups is 1. The lowest BCUT2D eigenvalue weighted by atomic mass is 10.1. The molecular formula is C15H16BrN3O3. The van der Waals surface area contributed by atoms with E-state index in [0.29, 0.717) is 5.56 Å². The van der Waals surface area contributed by atoms with E-state index in [0.717, 1.165) is 23.2 Å². The monoisotopic (exact) mass is 365 g/mol. The van der Waals surface area contributed by atoms with Gasteiger partial charge in [0, 0.05) is 17.6 Å². The number of carbonyl (C=O) groups excluding carboxylic acids is 3. The minimum absolute atomic E-state index is 0.0953. The normalized spacial score (nSPS) is 14.5. The van der Waals surface area contributed by atoms with E-state index in [2.05, 4.69) is 34.7 Å². The molecule has 1 heterocycles. The summed E-state index contributed by atoms with van der Waals surface area (Å²) < 4.78 is 0.873. The molecular weight excluding hydrogens is 350 g/mol. The minimum atomic E-state index is -0.801. The Morgan fingerprint density at radius 3 is 2.18 bits per heavy atom. The molecule has 4 amide bonds. The molecule has 0 radical (unpaired) electrons. The fraction of sp³-hybridized carbons (Fsp3) is 0.267. The number of anilines is 1. The Balaban J connectivity index is 2.32. The van der Waals surface area contributed by atoms with Crippen molar-refractivity contribution in [2.75, 3.05) is 18.0 Å². The van der Waals surface area contributed by atoms with Gasteiger partial charge in [0.15, 0.2) is 0 Å². The largest absolute Gasteiger partial charge is 0.371 e. The number of nitrogens with zero attached hydrogens (tertiary/aromatic N) is 1. The standard InChI is InChI=1S/C15H16BrN3O3/c1-3-19(4-2)12-6-5-9(8-11(12)16)7-10-13(20)17-15(22)18-14(10)21/h5-8H,3-4H2,1-2H3,(H2,17,18,20,21,22). The average Bonchev–Trinajstić information content (AvgIpc) is 2.46. The van der Waals surface area contributed by atoms with Gasteiger partial charge in [0.1, 0.15) is 5.57 Å². The van der Waals surface area contributed by atoms with Crippen LogP contribution in [-0.2, 0) is 9.59 Å². The number of benzene rings is 1. The summed E-state index contributed by atoms with van der Waals surface area (Å²) in [6.07, 6.45) is 1.45. The number of urea groups is 1. The van der Waals surface area contributed by atoms with Crippen molar-refractivity contribution < 1.29 is 14.4 Å². The molecule has 1 aliphatic heterocycles. The summed E-state index contributed by atoms with van der Waals surface area (Å²) in [5.74, 6) is -1.39. The molecule has 1 aromatic rings. The summed E-state index contributed by atoms with van der Waals surface area (Å²) in [6.45, 7) is 5.89. The van der Waals surface area contributed by atoms with Gasteiger partial charge in [-0.3, -0.25) is 20.2 Å². The van der Waals surface area contributed by atoms with Crippen molar-refractivity contribution in [3.05, 3.63) is 33.8 Å². The summed E-state index contributed by atoms with van der Waals surface area (Å²) in [7, 11) is 0. The third-order valence-corrected chi connectivity index (χ3v) is 3.97. The quantitative estimate of drug-likeness (QED) is 0.632. The number of imide groups is 2. The Bertz CT molecular complexity index is 644. The number of carbonyl (C=O) groups is 3. The molecule has 0 saturated carbocycles. The van der Waals surface area contributed by atoms with Crippen LogP contribution in [0.4, 0.5) is 10.5 Å². The highest BCUT2D eigenvalue weighted by atomic mass is 79.9. The molecule has 0 atom stereocenters. The van der Waals surface area contributed by atoms with E-state index < -0.39 is 17.8 Å². The Morgan fingerprint density at radius 1 is 1.09 bits per heavy atom. The van der Waals surface area contributed by atoms with Crippen LogP contribution in [0.25, 0.3) is 6.08 Å². The van der Waals surface area contributed by atoms with Gasteiger partial charge in [0.25, 0.3) is 11.8 Å². The highest BCUT2D eigenvalue weighted by molar-refractivity contribution is 9.10. The van der Waals surface area contributed by atoms with Gasteiger partial charge in [-0.15, -0.1) is 0 Å². The zero-order chi connectivity index (χ0) is 16.3. The third kappa shape index (κ3) is 3.36. The topological polar surface area (TPSA) is 78.5 Å². The third-order valence-electron chi connectivity index (χ3n) is 3.33. The van der Waals surface area contributed by atoms with Gasteiger partial charge in [0.2, 0.25) is 0 Å². The molecule has 22 heavy (non-hydrogen) atoms. The number of halogens is 1. The molecule has 2 rings (SSSR count). The first-order valence-corrected chi connectivity index (χ1v) is 7.68. The molecule has 1 fully saturated rings. The number of hydrogen-bond donors (Lipinski definition) is 2. The highest BCUT2D eigenvalue weighted by Crippen LogP contribution is 2.28. The van der Waals surface area contributed by atoms with E-state index >= 15 is 0 Å². The van der Waals surface area contributed by atoms with Crippen LogP contribution in [0.3, 0.4) is 0 Å². The maximum Gasteiger partial charge on any atom is 0.328 e. The number of nitrogens with one attached hydrogen (secondary N) is 2. The van der Waals surface area contributed by atoms with Gasteiger partial charge < -0.3 is 4.90 Å². The van der Waals surface area contributed by atoms with Crippen molar-refractivity contribution in [3.8, 4) is 0 Å². The van der Waals surface area contributed by atoms with Gasteiger partial charge in [0.05, 0.1) is 5.69 Å². The van der Waals surface area contributed by atoms with E-state index in [1.54, 1.807) is 0 Å². The molecule has 7 heteroatoms. The predicted molar refractivity (Wildman–Crippen MR) is 87.4 cm³/mol. The number of amides is 4. The second-order valence-corrected chi connectivity index (χ2v) is 5.53. The van der Waals surface area contributed by atoms with Gasteiger partial charge in [-0.1, -0.05) is 6.07 Å². The lowest BCUT2D eigenvalue weighted by Gasteiger charge is -2.22. The van der Waals surface area contributed by atoms with Crippen LogP contribution in [-0.4, -0.2) is 30.9 Å². The van der Waals surface area contributed by atoms with Crippen LogP contribution < -0.4 is 15.5 Å². The van der Waals surface area contributed by atoms with Crippen molar-refractivity contribution in [1.29, 1.82) is 0 Å². The van der Waals surface area contributed by atoms with E-state index in [9.17, 15) is 14.4 Å². The smallest absolute Gasteiger partial charge is 0.328 e. The van der Waals surface area contributed by atoms with Crippen LogP contribution in [0.2, 0.25) is 0 Å². The summed E-state index contributed by atoms with van der Waals surface area (Å²) >= 11 is 3.51. The lowest BCUT2D eigenvalue weighted by Crippen LogP contribution is -2.51. The van der Waals surface area contributed by atoms with Crippen LogP contribution >= 0.6 is 15.9 Å². The van der Waals surface area contributed by atoms with Crippen LogP contribution in [0.5, 0.6) is 0 Å². The maximum atomic E-state index is 11.7. The van der Waals surface area contributed by atoms with Gasteiger partial charge in [-0.25, -0.2) is 4.79 Å². The first-order chi connectivity index (χ1) is 10.5.